The van der Waals surface area contributed by atoms with Crippen LogP contribution in [0.4, 0.5) is 0 Å². The van der Waals surface area contributed by atoms with Crippen molar-refractivity contribution in [2.75, 3.05) is 27.2 Å². The third kappa shape index (κ3) is 6.21. The van der Waals surface area contributed by atoms with Crippen molar-refractivity contribution in [2.45, 2.75) is 51.7 Å². The zero-order valence-corrected chi connectivity index (χ0v) is 13.5. The minimum absolute atomic E-state index is 0.0981. The molecule has 0 fully saturated rings. The molecule has 3 atom stereocenters. The fraction of sp³-hybridized carbons (Fsp3) is 0.765. The summed E-state index contributed by atoms with van der Waals surface area (Å²) < 4.78 is 5.41. The molecular weight excluding hydrogens is 250 g/mol. The van der Waals surface area contributed by atoms with Gasteiger partial charge in [0.25, 0.3) is 0 Å². The first-order valence-corrected chi connectivity index (χ1v) is 7.78. The van der Waals surface area contributed by atoms with Crippen LogP contribution in [-0.4, -0.2) is 49.5 Å². The van der Waals surface area contributed by atoms with Crippen molar-refractivity contribution in [1.82, 2.24) is 4.90 Å². The molecule has 0 amide bonds. The van der Waals surface area contributed by atoms with Gasteiger partial charge in [-0.1, -0.05) is 37.1 Å². The van der Waals surface area contributed by atoms with Crippen LogP contribution in [0.1, 0.15) is 39.5 Å². The third-order valence-corrected chi connectivity index (χ3v) is 3.95. The highest BCUT2D eigenvalue weighted by Gasteiger charge is 2.21. The lowest BCUT2D eigenvalue weighted by atomic mass is 9.96. The highest BCUT2D eigenvalue weighted by molar-refractivity contribution is 5.06. The summed E-state index contributed by atoms with van der Waals surface area (Å²) in [6.07, 6.45) is 10.4. The Bertz CT molecular complexity index is 325. The maximum Gasteiger partial charge on any atom is 0.102 e. The lowest BCUT2D eigenvalue weighted by molar-refractivity contribution is -0.00190. The summed E-state index contributed by atoms with van der Waals surface area (Å²) in [4.78, 5) is 2.36. The van der Waals surface area contributed by atoms with Gasteiger partial charge in [0.2, 0.25) is 0 Å². The Hall–Kier alpha value is -0.640. The van der Waals surface area contributed by atoms with E-state index in [1.54, 1.807) is 7.11 Å². The molecule has 20 heavy (non-hydrogen) atoms. The van der Waals surface area contributed by atoms with Crippen molar-refractivity contribution < 1.29 is 9.84 Å². The number of likely N-dealkylation sites (N-methyl/N-ethyl adjacent to an activating group) is 1. The zero-order valence-electron chi connectivity index (χ0n) is 13.5. The number of aliphatic hydroxyl groups is 1. The molecule has 0 saturated carbocycles. The smallest absolute Gasteiger partial charge is 0.102 e. The standard InChI is InChI=1S/C17H31NO2/c1-14-12-15(2)17(19)16(20-4)10-8-6-5-7-9-11-18(3)13-14/h8,10,12,15-17,19H,5-7,9,11,13H2,1-4H3. The summed E-state index contributed by atoms with van der Waals surface area (Å²) >= 11 is 0. The van der Waals surface area contributed by atoms with Gasteiger partial charge in [0.05, 0.1) is 6.10 Å². The largest absolute Gasteiger partial charge is 0.389 e. The average molecular weight is 281 g/mol. The minimum Gasteiger partial charge on any atom is -0.389 e. The topological polar surface area (TPSA) is 32.7 Å². The van der Waals surface area contributed by atoms with Crippen LogP contribution in [0.2, 0.25) is 0 Å². The highest BCUT2D eigenvalue weighted by atomic mass is 16.5. The summed E-state index contributed by atoms with van der Waals surface area (Å²) in [5.41, 5.74) is 1.31. The molecule has 0 spiro atoms. The van der Waals surface area contributed by atoms with E-state index in [0.717, 1.165) is 19.5 Å². The Morgan fingerprint density at radius 2 is 2.05 bits per heavy atom. The molecule has 0 aromatic rings. The van der Waals surface area contributed by atoms with Gasteiger partial charge in [-0.3, -0.25) is 0 Å². The zero-order chi connectivity index (χ0) is 15.0. The number of ether oxygens (including phenoxy) is 1. The summed E-state index contributed by atoms with van der Waals surface area (Å²) in [6, 6.07) is 0. The second-order valence-electron chi connectivity index (χ2n) is 6.08. The number of rotatable bonds is 1. The third-order valence-electron chi connectivity index (χ3n) is 3.95. The van der Waals surface area contributed by atoms with Crippen LogP contribution in [0.25, 0.3) is 0 Å². The SMILES string of the molecule is COC1C=CCCCCCN(C)CC(C)=CC(C)C1O. The van der Waals surface area contributed by atoms with Gasteiger partial charge in [0, 0.05) is 19.6 Å². The highest BCUT2D eigenvalue weighted by Crippen LogP contribution is 2.16. The first-order chi connectivity index (χ1) is 9.54. The van der Waals surface area contributed by atoms with E-state index in [1.165, 1.54) is 24.8 Å². The fourth-order valence-electron chi connectivity index (χ4n) is 2.79. The Morgan fingerprint density at radius 3 is 2.75 bits per heavy atom. The number of allylic oxidation sites excluding steroid dienone is 1. The summed E-state index contributed by atoms with van der Waals surface area (Å²) in [7, 11) is 3.83. The van der Waals surface area contributed by atoms with E-state index >= 15 is 0 Å². The van der Waals surface area contributed by atoms with Crippen LogP contribution in [0.5, 0.6) is 0 Å². The molecule has 0 bridgehead atoms. The molecule has 0 saturated heterocycles. The van der Waals surface area contributed by atoms with Crippen molar-refractivity contribution >= 4 is 0 Å². The monoisotopic (exact) mass is 281 g/mol. The molecule has 3 unspecified atom stereocenters. The van der Waals surface area contributed by atoms with Gasteiger partial charge in [-0.15, -0.1) is 0 Å². The predicted molar refractivity (Wildman–Crippen MR) is 84.8 cm³/mol. The number of aliphatic hydroxyl groups excluding tert-OH is 1. The molecule has 0 radical (unpaired) electrons. The molecule has 1 rings (SSSR count). The van der Waals surface area contributed by atoms with E-state index in [4.69, 9.17) is 4.74 Å². The van der Waals surface area contributed by atoms with Gasteiger partial charge in [0.1, 0.15) is 6.10 Å². The molecule has 116 valence electrons. The van der Waals surface area contributed by atoms with Crippen molar-refractivity contribution in [1.29, 1.82) is 0 Å². The lowest BCUT2D eigenvalue weighted by Crippen LogP contribution is -2.32. The molecular formula is C17H31NO2. The van der Waals surface area contributed by atoms with Crippen molar-refractivity contribution in [3.05, 3.63) is 23.8 Å². The van der Waals surface area contributed by atoms with E-state index in [0.29, 0.717) is 0 Å². The van der Waals surface area contributed by atoms with Crippen molar-refractivity contribution in [2.24, 2.45) is 5.92 Å². The summed E-state index contributed by atoms with van der Waals surface area (Å²) in [5, 5.41) is 10.4. The van der Waals surface area contributed by atoms with Crippen LogP contribution in [0, 0.1) is 5.92 Å². The maximum atomic E-state index is 10.4. The van der Waals surface area contributed by atoms with E-state index in [1.807, 2.05) is 6.08 Å². The summed E-state index contributed by atoms with van der Waals surface area (Å²) in [5.74, 6) is 0.0981. The molecule has 1 N–H and O–H groups in total. The molecule has 1 heterocycles. The first kappa shape index (κ1) is 17.4. The van der Waals surface area contributed by atoms with Gasteiger partial charge in [-0.2, -0.15) is 0 Å². The Balaban J connectivity index is 2.78. The Morgan fingerprint density at radius 1 is 1.30 bits per heavy atom. The number of hydrogen-bond acceptors (Lipinski definition) is 3. The van der Waals surface area contributed by atoms with Gasteiger partial charge < -0.3 is 14.7 Å². The van der Waals surface area contributed by atoms with Gasteiger partial charge >= 0.3 is 0 Å². The number of nitrogens with zero attached hydrogens (tertiary/aromatic N) is 1. The molecule has 1 aliphatic rings. The Kier molecular flexibility index (Phi) is 8.12. The molecule has 3 heteroatoms. The molecule has 0 aliphatic carbocycles. The van der Waals surface area contributed by atoms with E-state index in [9.17, 15) is 5.11 Å². The van der Waals surface area contributed by atoms with Gasteiger partial charge in [-0.25, -0.2) is 0 Å². The van der Waals surface area contributed by atoms with E-state index in [2.05, 4.69) is 37.9 Å². The van der Waals surface area contributed by atoms with Crippen molar-refractivity contribution in [3.63, 3.8) is 0 Å². The van der Waals surface area contributed by atoms with E-state index < -0.39 is 6.10 Å². The summed E-state index contributed by atoms with van der Waals surface area (Å²) in [6.45, 7) is 6.32. The van der Waals surface area contributed by atoms with Gasteiger partial charge in [0.15, 0.2) is 0 Å². The minimum atomic E-state index is -0.487. The molecule has 3 nitrogen and oxygen atoms in total. The molecule has 0 aromatic heterocycles. The second kappa shape index (κ2) is 9.32. The predicted octanol–water partition coefficient (Wildman–Crippen LogP) is 3.01. The average Bonchev–Trinajstić information content (AvgIpc) is 2.40. The number of methoxy groups -OCH3 is 1. The molecule has 1 aliphatic heterocycles. The lowest BCUT2D eigenvalue weighted by Gasteiger charge is -2.24. The van der Waals surface area contributed by atoms with Crippen LogP contribution < -0.4 is 0 Å². The second-order valence-corrected chi connectivity index (χ2v) is 6.08. The van der Waals surface area contributed by atoms with E-state index in [-0.39, 0.29) is 12.0 Å². The van der Waals surface area contributed by atoms with Crippen LogP contribution in [0.3, 0.4) is 0 Å². The van der Waals surface area contributed by atoms with Crippen molar-refractivity contribution in [3.8, 4) is 0 Å². The van der Waals surface area contributed by atoms with Crippen LogP contribution >= 0.6 is 0 Å². The Labute approximate surface area is 124 Å². The quantitative estimate of drug-likeness (QED) is 0.750. The fourth-order valence-corrected chi connectivity index (χ4v) is 2.79. The maximum absolute atomic E-state index is 10.4. The molecule has 0 aromatic carbocycles. The van der Waals surface area contributed by atoms with Crippen LogP contribution in [0.15, 0.2) is 23.8 Å². The first-order valence-electron chi connectivity index (χ1n) is 7.78. The van der Waals surface area contributed by atoms with Gasteiger partial charge in [-0.05, 0) is 39.8 Å². The van der Waals surface area contributed by atoms with Crippen LogP contribution in [-0.2, 0) is 4.74 Å². The normalized spacial score (nSPS) is 31.6. The number of hydrogen-bond donors (Lipinski definition) is 1.